The van der Waals surface area contributed by atoms with Crippen LogP contribution >= 0.6 is 11.3 Å². The number of hydrogen-bond donors (Lipinski definition) is 1. The number of benzene rings is 1. The number of amides is 1. The molecule has 0 saturated heterocycles. The zero-order chi connectivity index (χ0) is 21.8. The number of nitrogens with zero attached hydrogens (tertiary/aromatic N) is 4. The van der Waals surface area contributed by atoms with Crippen molar-refractivity contribution < 1.29 is 9.32 Å². The van der Waals surface area contributed by atoms with Gasteiger partial charge in [-0.2, -0.15) is 4.98 Å². The highest BCUT2D eigenvalue weighted by Crippen LogP contribution is 2.23. The summed E-state index contributed by atoms with van der Waals surface area (Å²) in [4.78, 5) is 24.4. The van der Waals surface area contributed by atoms with Crippen molar-refractivity contribution >= 4 is 23.1 Å². The topological polar surface area (TPSA) is 84.1 Å². The second-order valence-electron chi connectivity index (χ2n) is 7.73. The van der Waals surface area contributed by atoms with Gasteiger partial charge in [0.2, 0.25) is 17.6 Å². The van der Waals surface area contributed by atoms with Crippen molar-refractivity contribution in [2.75, 3.05) is 11.4 Å². The second-order valence-corrected chi connectivity index (χ2v) is 8.68. The van der Waals surface area contributed by atoms with Crippen LogP contribution in [0.2, 0.25) is 0 Å². The number of anilines is 1. The molecule has 4 heterocycles. The summed E-state index contributed by atoms with van der Waals surface area (Å²) in [7, 11) is 0. The van der Waals surface area contributed by atoms with Gasteiger partial charge in [-0.25, -0.2) is 4.98 Å². The van der Waals surface area contributed by atoms with Gasteiger partial charge in [-0.3, -0.25) is 4.79 Å². The van der Waals surface area contributed by atoms with Crippen molar-refractivity contribution in [3.63, 3.8) is 0 Å². The lowest BCUT2D eigenvalue weighted by Gasteiger charge is -2.29. The molecule has 0 fully saturated rings. The van der Waals surface area contributed by atoms with E-state index < -0.39 is 0 Å². The van der Waals surface area contributed by atoms with Crippen molar-refractivity contribution in [3.05, 3.63) is 82.7 Å². The van der Waals surface area contributed by atoms with Crippen LogP contribution in [0.25, 0.3) is 10.7 Å². The van der Waals surface area contributed by atoms with Crippen molar-refractivity contribution in [3.8, 4) is 10.7 Å². The van der Waals surface area contributed by atoms with Gasteiger partial charge in [-0.1, -0.05) is 41.6 Å². The van der Waals surface area contributed by atoms with Crippen LogP contribution < -0.4 is 10.2 Å². The first-order valence-electron chi connectivity index (χ1n) is 10.6. The molecule has 0 spiro atoms. The number of carbonyl (C=O) groups is 1. The van der Waals surface area contributed by atoms with E-state index >= 15 is 0 Å². The molecule has 0 radical (unpaired) electrons. The largest absolute Gasteiger partial charge is 0.352 e. The Morgan fingerprint density at radius 3 is 2.84 bits per heavy atom. The van der Waals surface area contributed by atoms with E-state index in [4.69, 9.17) is 4.52 Å². The maximum Gasteiger partial charge on any atom is 0.227 e. The molecule has 1 amide bonds. The van der Waals surface area contributed by atoms with Gasteiger partial charge in [0.05, 0.1) is 4.88 Å². The smallest absolute Gasteiger partial charge is 0.227 e. The molecular formula is C24H23N5O2S. The Morgan fingerprint density at radius 2 is 2.03 bits per heavy atom. The highest BCUT2D eigenvalue weighted by molar-refractivity contribution is 7.13. The van der Waals surface area contributed by atoms with E-state index in [2.05, 4.69) is 49.6 Å². The average Bonchev–Trinajstić information content (AvgIpc) is 3.54. The molecule has 1 aliphatic heterocycles. The Balaban J connectivity index is 1.09. The van der Waals surface area contributed by atoms with Gasteiger partial charge < -0.3 is 14.7 Å². The molecule has 4 aromatic rings. The number of nitrogens with one attached hydrogen (secondary N) is 1. The first kappa shape index (κ1) is 20.4. The number of carbonyl (C=O) groups excluding carboxylic acids is 1. The molecule has 1 aromatic carbocycles. The van der Waals surface area contributed by atoms with Crippen LogP contribution in [0.15, 0.2) is 64.6 Å². The molecule has 7 nitrogen and oxygen atoms in total. The minimum atomic E-state index is -0.0578. The van der Waals surface area contributed by atoms with Crippen molar-refractivity contribution in [1.29, 1.82) is 0 Å². The fraction of sp³-hybridized carbons (Fsp3) is 0.250. The summed E-state index contributed by atoms with van der Waals surface area (Å²) in [6, 6.07) is 16.5. The monoisotopic (exact) mass is 445 g/mol. The molecule has 1 N–H and O–H groups in total. The lowest BCUT2D eigenvalue weighted by Crippen LogP contribution is -2.31. The second kappa shape index (κ2) is 9.32. The van der Waals surface area contributed by atoms with Crippen molar-refractivity contribution in [1.82, 2.24) is 20.4 Å². The molecule has 5 rings (SSSR count). The Labute approximate surface area is 190 Å². The molecule has 162 valence electrons. The highest BCUT2D eigenvalue weighted by Gasteiger charge is 2.17. The fourth-order valence-corrected chi connectivity index (χ4v) is 4.42. The standard InChI is InChI=1S/C24H23N5O2S/c30-22(9-10-23-27-24(28-31-23)20-6-3-13-32-20)26-15-17-7-8-21(25-14-17)29-12-11-18-4-1-2-5-19(18)16-29/h1-8,13-14H,9-12,15-16H2,(H,26,30). The van der Waals surface area contributed by atoms with E-state index in [0.29, 0.717) is 31.1 Å². The van der Waals surface area contributed by atoms with Crippen LogP contribution in [-0.2, 0) is 30.7 Å². The van der Waals surface area contributed by atoms with Gasteiger partial charge in [0.25, 0.3) is 0 Å². The van der Waals surface area contributed by atoms with E-state index in [-0.39, 0.29) is 5.91 Å². The molecule has 0 bridgehead atoms. The third kappa shape index (κ3) is 4.70. The van der Waals surface area contributed by atoms with Crippen LogP contribution in [0.5, 0.6) is 0 Å². The maximum absolute atomic E-state index is 12.2. The highest BCUT2D eigenvalue weighted by atomic mass is 32.1. The molecule has 0 atom stereocenters. The SMILES string of the molecule is O=C(CCc1nc(-c2cccs2)no1)NCc1ccc(N2CCc3ccccc3C2)nc1. The van der Waals surface area contributed by atoms with Crippen LogP contribution in [0.4, 0.5) is 5.82 Å². The quantitative estimate of drug-likeness (QED) is 0.463. The van der Waals surface area contributed by atoms with Gasteiger partial charge in [0.1, 0.15) is 5.82 Å². The normalized spacial score (nSPS) is 13.1. The molecule has 8 heteroatoms. The molecule has 0 saturated carbocycles. The Hall–Kier alpha value is -3.52. The number of fused-ring (bicyclic) bond motifs is 1. The van der Waals surface area contributed by atoms with E-state index in [0.717, 1.165) is 35.8 Å². The number of hydrogen-bond acceptors (Lipinski definition) is 7. The predicted molar refractivity (Wildman–Crippen MR) is 123 cm³/mol. The zero-order valence-electron chi connectivity index (χ0n) is 17.5. The zero-order valence-corrected chi connectivity index (χ0v) is 18.3. The Morgan fingerprint density at radius 1 is 1.12 bits per heavy atom. The van der Waals surface area contributed by atoms with Crippen molar-refractivity contribution in [2.45, 2.75) is 32.4 Å². The lowest BCUT2D eigenvalue weighted by molar-refractivity contribution is -0.121. The minimum Gasteiger partial charge on any atom is -0.352 e. The minimum absolute atomic E-state index is 0.0578. The number of pyridine rings is 1. The molecule has 1 aliphatic rings. The third-order valence-electron chi connectivity index (χ3n) is 5.53. The van der Waals surface area contributed by atoms with Crippen LogP contribution in [0, 0.1) is 0 Å². The van der Waals surface area contributed by atoms with Gasteiger partial charge in [-0.15, -0.1) is 11.3 Å². The predicted octanol–water partition coefficient (Wildman–Crippen LogP) is 4.00. The number of aromatic nitrogens is 3. The number of thiophene rings is 1. The summed E-state index contributed by atoms with van der Waals surface area (Å²) in [6.07, 6.45) is 3.58. The Bertz CT molecular complexity index is 1190. The maximum atomic E-state index is 12.2. The summed E-state index contributed by atoms with van der Waals surface area (Å²) in [5.74, 6) is 1.95. The van der Waals surface area contributed by atoms with Crippen molar-refractivity contribution in [2.24, 2.45) is 0 Å². The van der Waals surface area contributed by atoms with Gasteiger partial charge in [0, 0.05) is 38.7 Å². The molecule has 3 aromatic heterocycles. The average molecular weight is 446 g/mol. The first-order valence-corrected chi connectivity index (χ1v) is 11.5. The van der Waals surface area contributed by atoms with E-state index in [1.54, 1.807) is 11.3 Å². The van der Waals surface area contributed by atoms with Crippen LogP contribution in [0.3, 0.4) is 0 Å². The molecule has 0 unspecified atom stereocenters. The summed E-state index contributed by atoms with van der Waals surface area (Å²) < 4.78 is 5.25. The lowest BCUT2D eigenvalue weighted by atomic mass is 10.00. The molecule has 0 aliphatic carbocycles. The summed E-state index contributed by atoms with van der Waals surface area (Å²) in [5.41, 5.74) is 3.75. The van der Waals surface area contributed by atoms with E-state index in [1.165, 1.54) is 11.1 Å². The number of aryl methyl sites for hydroxylation is 1. The van der Waals surface area contributed by atoms with E-state index in [1.807, 2.05) is 35.8 Å². The molecule has 32 heavy (non-hydrogen) atoms. The third-order valence-corrected chi connectivity index (χ3v) is 6.39. The Kier molecular flexibility index (Phi) is 5.93. The van der Waals surface area contributed by atoms with Gasteiger partial charge in [-0.05, 0) is 40.6 Å². The molecular weight excluding hydrogens is 422 g/mol. The van der Waals surface area contributed by atoms with Gasteiger partial charge >= 0.3 is 0 Å². The van der Waals surface area contributed by atoms with Crippen LogP contribution in [0.1, 0.15) is 29.0 Å². The van der Waals surface area contributed by atoms with Gasteiger partial charge in [0.15, 0.2) is 0 Å². The summed E-state index contributed by atoms with van der Waals surface area (Å²) >= 11 is 1.55. The summed E-state index contributed by atoms with van der Waals surface area (Å²) in [6.45, 7) is 2.28. The van der Waals surface area contributed by atoms with E-state index in [9.17, 15) is 4.79 Å². The van der Waals surface area contributed by atoms with Crippen LogP contribution in [-0.4, -0.2) is 27.6 Å². The number of rotatable bonds is 7. The summed E-state index contributed by atoms with van der Waals surface area (Å²) in [5, 5.41) is 8.87. The fourth-order valence-electron chi connectivity index (χ4n) is 3.77. The first-order chi connectivity index (χ1) is 15.7.